The van der Waals surface area contributed by atoms with Gasteiger partial charge in [0, 0.05) is 0 Å². The molecule has 1 aromatic carbocycles. The van der Waals surface area contributed by atoms with Crippen molar-refractivity contribution in [3.8, 4) is 11.5 Å². The van der Waals surface area contributed by atoms with Gasteiger partial charge in [0.15, 0.2) is 5.75 Å². The van der Waals surface area contributed by atoms with Gasteiger partial charge in [-0.2, -0.15) is 0 Å². The molecule has 0 fully saturated rings. The summed E-state index contributed by atoms with van der Waals surface area (Å²) in [6.07, 6.45) is 0.889. The standard InChI is InChI=1S/C8H8N2O5/c1-15-8-6(11)3-2-5(4-9-12)7(8)10(13)14/h2-4,11-12H,1H3. The number of phenols is 1. The van der Waals surface area contributed by atoms with E-state index in [1.54, 1.807) is 0 Å². The Bertz CT molecular complexity index is 416. The molecule has 7 nitrogen and oxygen atoms in total. The van der Waals surface area contributed by atoms with Crippen LogP contribution in [0.25, 0.3) is 0 Å². The third-order valence-corrected chi connectivity index (χ3v) is 1.73. The number of aromatic hydroxyl groups is 1. The summed E-state index contributed by atoms with van der Waals surface area (Å²) in [5.41, 5.74) is -0.410. The summed E-state index contributed by atoms with van der Waals surface area (Å²) in [5, 5.41) is 31.0. The maximum Gasteiger partial charge on any atom is 0.323 e. The quantitative estimate of drug-likeness (QED) is 0.338. The molecule has 0 radical (unpaired) electrons. The topological polar surface area (TPSA) is 105 Å². The van der Waals surface area contributed by atoms with Gasteiger partial charge in [0.2, 0.25) is 5.75 Å². The fraction of sp³-hybridized carbons (Fsp3) is 0.125. The van der Waals surface area contributed by atoms with Crippen LogP contribution in [0.5, 0.6) is 11.5 Å². The number of methoxy groups -OCH3 is 1. The van der Waals surface area contributed by atoms with Crippen LogP contribution >= 0.6 is 0 Å². The highest BCUT2D eigenvalue weighted by Crippen LogP contribution is 2.37. The van der Waals surface area contributed by atoms with Crippen LogP contribution in [0.4, 0.5) is 5.69 Å². The van der Waals surface area contributed by atoms with Gasteiger partial charge in [0.1, 0.15) is 0 Å². The Morgan fingerprint density at radius 2 is 2.27 bits per heavy atom. The van der Waals surface area contributed by atoms with Crippen molar-refractivity contribution in [2.75, 3.05) is 7.11 Å². The van der Waals surface area contributed by atoms with Gasteiger partial charge in [-0.15, -0.1) is 0 Å². The molecular weight excluding hydrogens is 204 g/mol. The SMILES string of the molecule is COc1c(O)ccc(C=NO)c1[N+](=O)[O-]. The lowest BCUT2D eigenvalue weighted by Crippen LogP contribution is -1.98. The van der Waals surface area contributed by atoms with Gasteiger partial charge in [-0.3, -0.25) is 10.1 Å². The third kappa shape index (κ3) is 1.96. The van der Waals surface area contributed by atoms with Crippen LogP contribution in [0.2, 0.25) is 0 Å². The molecule has 0 unspecified atom stereocenters. The molecule has 0 aliphatic rings. The summed E-state index contributed by atoms with van der Waals surface area (Å²) in [6, 6.07) is 2.46. The lowest BCUT2D eigenvalue weighted by molar-refractivity contribution is -0.386. The molecule has 15 heavy (non-hydrogen) atoms. The lowest BCUT2D eigenvalue weighted by Gasteiger charge is -2.05. The predicted octanol–water partition coefficient (Wildman–Crippen LogP) is 1.12. The van der Waals surface area contributed by atoms with Gasteiger partial charge in [-0.1, -0.05) is 5.16 Å². The molecular formula is C8H8N2O5. The highest BCUT2D eigenvalue weighted by molar-refractivity contribution is 5.87. The Balaban J connectivity index is 3.48. The van der Waals surface area contributed by atoms with Gasteiger partial charge in [0.05, 0.1) is 23.8 Å². The summed E-state index contributed by atoms with van der Waals surface area (Å²) >= 11 is 0. The zero-order chi connectivity index (χ0) is 11.4. The van der Waals surface area contributed by atoms with Gasteiger partial charge in [-0.05, 0) is 12.1 Å². The van der Waals surface area contributed by atoms with Crippen molar-refractivity contribution in [2.45, 2.75) is 0 Å². The fourth-order valence-corrected chi connectivity index (χ4v) is 1.13. The van der Waals surface area contributed by atoms with Crippen LogP contribution in [0.3, 0.4) is 0 Å². The van der Waals surface area contributed by atoms with Crippen molar-refractivity contribution >= 4 is 11.9 Å². The average molecular weight is 212 g/mol. The Kier molecular flexibility index (Phi) is 3.06. The van der Waals surface area contributed by atoms with E-state index < -0.39 is 10.6 Å². The summed E-state index contributed by atoms with van der Waals surface area (Å²) in [6.45, 7) is 0. The van der Waals surface area contributed by atoms with Crippen LogP contribution in [-0.4, -0.2) is 28.6 Å². The van der Waals surface area contributed by atoms with Crippen molar-refractivity contribution in [3.05, 3.63) is 27.8 Å². The molecule has 0 aromatic heterocycles. The maximum absolute atomic E-state index is 10.7. The van der Waals surface area contributed by atoms with Crippen molar-refractivity contribution < 1.29 is 20.0 Å². The first kappa shape index (κ1) is 10.8. The molecule has 7 heteroatoms. The number of ether oxygens (including phenoxy) is 1. The molecule has 1 rings (SSSR count). The Labute approximate surface area is 84.4 Å². The van der Waals surface area contributed by atoms with E-state index in [0.717, 1.165) is 6.21 Å². The van der Waals surface area contributed by atoms with Crippen LogP contribution in [-0.2, 0) is 0 Å². The first-order chi connectivity index (χ1) is 7.11. The Morgan fingerprint density at radius 3 is 2.73 bits per heavy atom. The largest absolute Gasteiger partial charge is 0.504 e. The van der Waals surface area contributed by atoms with Crippen molar-refractivity contribution in [1.29, 1.82) is 0 Å². The number of rotatable bonds is 3. The number of oxime groups is 1. The summed E-state index contributed by atoms with van der Waals surface area (Å²) in [5.74, 6) is -0.614. The average Bonchev–Trinajstić information content (AvgIpc) is 2.20. The molecule has 0 atom stereocenters. The van der Waals surface area contributed by atoms with E-state index in [4.69, 9.17) is 5.21 Å². The zero-order valence-corrected chi connectivity index (χ0v) is 7.75. The van der Waals surface area contributed by atoms with E-state index in [1.807, 2.05) is 0 Å². The normalized spacial score (nSPS) is 10.5. The maximum atomic E-state index is 10.7. The molecule has 0 bridgehead atoms. The van der Waals surface area contributed by atoms with E-state index in [9.17, 15) is 15.2 Å². The minimum atomic E-state index is -0.727. The molecule has 0 aliphatic carbocycles. The van der Waals surface area contributed by atoms with E-state index >= 15 is 0 Å². The fourth-order valence-electron chi connectivity index (χ4n) is 1.13. The summed E-state index contributed by atoms with van der Waals surface area (Å²) in [7, 11) is 1.20. The first-order valence-electron chi connectivity index (χ1n) is 3.83. The molecule has 0 aliphatic heterocycles. The molecule has 0 spiro atoms. The highest BCUT2D eigenvalue weighted by atomic mass is 16.6. The van der Waals surface area contributed by atoms with Crippen LogP contribution in [0.1, 0.15) is 5.56 Å². The number of nitro groups is 1. The van der Waals surface area contributed by atoms with Crippen molar-refractivity contribution in [3.63, 3.8) is 0 Å². The Hall–Kier alpha value is -2.31. The number of nitro benzene ring substituents is 1. The molecule has 0 amide bonds. The second kappa shape index (κ2) is 4.27. The van der Waals surface area contributed by atoms with Crippen LogP contribution in [0.15, 0.2) is 17.3 Å². The third-order valence-electron chi connectivity index (χ3n) is 1.73. The van der Waals surface area contributed by atoms with Crippen LogP contribution in [0, 0.1) is 10.1 Å². The van der Waals surface area contributed by atoms with Crippen molar-refractivity contribution in [1.82, 2.24) is 0 Å². The zero-order valence-electron chi connectivity index (χ0n) is 7.75. The van der Waals surface area contributed by atoms with Crippen LogP contribution < -0.4 is 4.74 Å². The van der Waals surface area contributed by atoms with Gasteiger partial charge in [-0.25, -0.2) is 0 Å². The number of hydrogen-bond acceptors (Lipinski definition) is 6. The second-order valence-corrected chi connectivity index (χ2v) is 2.56. The van der Waals surface area contributed by atoms with E-state index in [2.05, 4.69) is 9.89 Å². The number of hydrogen-bond donors (Lipinski definition) is 2. The minimum Gasteiger partial charge on any atom is -0.504 e. The van der Waals surface area contributed by atoms with E-state index in [0.29, 0.717) is 0 Å². The number of phenolic OH excluding ortho intramolecular Hbond substituents is 1. The first-order valence-corrected chi connectivity index (χ1v) is 3.83. The minimum absolute atomic E-state index is 0.0390. The molecule has 80 valence electrons. The Morgan fingerprint density at radius 1 is 1.60 bits per heavy atom. The molecule has 2 N–H and O–H groups in total. The summed E-state index contributed by atoms with van der Waals surface area (Å²) in [4.78, 5) is 9.97. The lowest BCUT2D eigenvalue weighted by atomic mass is 10.1. The highest BCUT2D eigenvalue weighted by Gasteiger charge is 2.23. The van der Waals surface area contributed by atoms with Gasteiger partial charge in [0.25, 0.3) is 0 Å². The van der Waals surface area contributed by atoms with Gasteiger partial charge < -0.3 is 15.1 Å². The number of nitrogens with zero attached hydrogens (tertiary/aromatic N) is 2. The molecule has 0 saturated carbocycles. The molecule has 0 saturated heterocycles. The van der Waals surface area contributed by atoms with E-state index in [1.165, 1.54) is 19.2 Å². The monoisotopic (exact) mass is 212 g/mol. The van der Waals surface area contributed by atoms with Gasteiger partial charge >= 0.3 is 5.69 Å². The smallest absolute Gasteiger partial charge is 0.323 e. The molecule has 0 heterocycles. The van der Waals surface area contributed by atoms with E-state index in [-0.39, 0.29) is 17.1 Å². The predicted molar refractivity (Wildman–Crippen MR) is 50.7 cm³/mol. The number of benzene rings is 1. The second-order valence-electron chi connectivity index (χ2n) is 2.56. The van der Waals surface area contributed by atoms with Crippen molar-refractivity contribution in [2.24, 2.45) is 5.16 Å². The summed E-state index contributed by atoms with van der Waals surface area (Å²) < 4.78 is 4.69. The molecule has 1 aromatic rings.